The van der Waals surface area contributed by atoms with Crippen LogP contribution >= 0.6 is 0 Å². The van der Waals surface area contributed by atoms with Gasteiger partial charge in [-0.15, -0.1) is 0 Å². The van der Waals surface area contributed by atoms with Gasteiger partial charge < -0.3 is 14.8 Å². The maximum Gasteiger partial charge on any atom is 1.00 e. The van der Waals surface area contributed by atoms with Crippen LogP contribution in [0.25, 0.3) is 0 Å². The molecule has 1 amide bonds. The largest absolute Gasteiger partial charge is 1.00 e. The fourth-order valence-corrected chi connectivity index (χ4v) is 2.04. The molecule has 5 heteroatoms. The van der Waals surface area contributed by atoms with Crippen molar-refractivity contribution in [2.24, 2.45) is 0 Å². The molecule has 0 aliphatic rings. The first kappa shape index (κ1) is 24.3. The number of rotatable bonds is 6. The number of carboxylic acid groups (broad SMARTS) is 1. The van der Waals surface area contributed by atoms with Gasteiger partial charge in [-0.1, -0.05) is 43.2 Å². The van der Waals surface area contributed by atoms with E-state index in [0.29, 0.717) is 12.1 Å². The number of benzene rings is 1. The van der Waals surface area contributed by atoms with Gasteiger partial charge in [0.05, 0.1) is 0 Å². The van der Waals surface area contributed by atoms with Crippen molar-refractivity contribution in [1.29, 1.82) is 0 Å². The molecule has 0 saturated heterocycles. The second-order valence-electron chi connectivity index (χ2n) is 5.30. The number of para-hydroxylation sites is 1. The van der Waals surface area contributed by atoms with E-state index in [1.54, 1.807) is 6.07 Å². The summed E-state index contributed by atoms with van der Waals surface area (Å²) >= 11 is 0. The molecule has 1 aromatic rings. The van der Waals surface area contributed by atoms with Gasteiger partial charge in [-0.25, -0.2) is 18.6 Å². The van der Waals surface area contributed by atoms with E-state index in [-0.39, 0.29) is 37.7 Å². The molecule has 0 aliphatic carbocycles. The number of amides is 1. The number of nitrogens with zero attached hydrogens (tertiary/aromatic N) is 1. The van der Waals surface area contributed by atoms with Gasteiger partial charge in [-0.05, 0) is 31.4 Å². The van der Waals surface area contributed by atoms with Crippen LogP contribution in [0.15, 0.2) is 47.6 Å². The number of allylic oxidation sites excluding steroid dienone is 4. The van der Waals surface area contributed by atoms with Gasteiger partial charge in [0.1, 0.15) is 6.09 Å². The van der Waals surface area contributed by atoms with Gasteiger partial charge in [0.2, 0.25) is 0 Å². The molecule has 0 N–H and O–H groups in total. The fourth-order valence-electron chi connectivity index (χ4n) is 2.04. The second-order valence-corrected chi connectivity index (χ2v) is 5.30. The first-order valence-corrected chi connectivity index (χ1v) is 7.08. The molecule has 0 unspecified atom stereocenters. The van der Waals surface area contributed by atoms with Gasteiger partial charge in [0.25, 0.3) is 0 Å². The molecule has 114 valence electrons. The summed E-state index contributed by atoms with van der Waals surface area (Å²) in [5.74, 6) is 0. The Morgan fingerprint density at radius 3 is 2.39 bits per heavy atom. The van der Waals surface area contributed by atoms with Crippen LogP contribution in [0, 0.1) is 6.92 Å². The van der Waals surface area contributed by atoms with Crippen molar-refractivity contribution in [2.75, 3.05) is 11.9 Å². The number of carbonyl (C=O) groups is 1. The third kappa shape index (κ3) is 9.04. The maximum atomic E-state index is 11.0. The Balaban J connectivity index is 0. The Morgan fingerprint density at radius 2 is 1.83 bits per heavy atom. The molecule has 0 aromatic heterocycles. The smallest absolute Gasteiger partial charge is 0.530 e. The predicted octanol–water partition coefficient (Wildman–Crippen LogP) is -2.48. The number of hydrogen-bond acceptors (Lipinski definition) is 2. The Hall–Kier alpha value is -0.965. The van der Waals surface area contributed by atoms with E-state index >= 15 is 0 Å². The fraction of sp³-hybridized carbons (Fsp3) is 0.333. The van der Waals surface area contributed by atoms with E-state index in [1.165, 1.54) is 12.6 Å². The minimum Gasteiger partial charge on any atom is -0.530 e. The topological polar surface area (TPSA) is 43.4 Å². The molecule has 0 fully saturated rings. The monoisotopic (exact) mass is 299 g/mol. The molecule has 0 atom stereocenters. The summed E-state index contributed by atoms with van der Waals surface area (Å²) in [5.41, 5.74) is 4.03. The van der Waals surface area contributed by atoms with Crippen molar-refractivity contribution >= 4 is 11.8 Å². The summed E-state index contributed by atoms with van der Waals surface area (Å²) in [4.78, 5) is 12.1. The maximum absolute atomic E-state index is 11.0. The number of anilines is 1. The molecule has 3 nitrogen and oxygen atoms in total. The average molecular weight is 299 g/mol. The quantitative estimate of drug-likeness (QED) is 0.332. The molecular formula is C18H23Li2NO2. The second kappa shape index (κ2) is 12.5. The molecule has 1 aromatic carbocycles. The molecule has 0 saturated carbocycles. The van der Waals surface area contributed by atoms with Crippen LogP contribution < -0.4 is 47.7 Å². The van der Waals surface area contributed by atoms with Gasteiger partial charge in [-0.2, -0.15) is 0 Å². The molecule has 0 aliphatic heterocycles. The standard InChI is InChI=1S/C18H24NO2.2Li/c1-14(2)8-7-9-15(3)12-13-16-10-5-6-11-17(16)19(4)18(20)21;;/h5-6,8,10-12H,1,7,9,13H2,2-4H3,(H,20,21);;/q-1;2*+1/p-1/b14-8-,15-12+;;. The van der Waals surface area contributed by atoms with Crippen molar-refractivity contribution in [3.63, 3.8) is 0 Å². The minimum absolute atomic E-state index is 0. The van der Waals surface area contributed by atoms with Crippen LogP contribution in [0.5, 0.6) is 0 Å². The molecule has 0 heterocycles. The summed E-state index contributed by atoms with van der Waals surface area (Å²) in [5, 5.41) is 11.0. The number of hydrogen-bond donors (Lipinski definition) is 0. The van der Waals surface area contributed by atoms with E-state index in [9.17, 15) is 9.90 Å². The molecule has 0 spiro atoms. The van der Waals surface area contributed by atoms with Gasteiger partial charge >= 0.3 is 37.7 Å². The normalized spacial score (nSPS) is 11.3. The summed E-state index contributed by atoms with van der Waals surface area (Å²) in [6.45, 7) is 7.94. The Morgan fingerprint density at radius 1 is 1.22 bits per heavy atom. The van der Waals surface area contributed by atoms with Gasteiger partial charge in [-0.3, -0.25) is 0 Å². The Bertz CT molecular complexity index is 550. The van der Waals surface area contributed by atoms with Crippen LogP contribution in [-0.4, -0.2) is 13.1 Å². The van der Waals surface area contributed by atoms with E-state index in [4.69, 9.17) is 0 Å². The third-order valence-electron chi connectivity index (χ3n) is 3.33. The summed E-state index contributed by atoms with van der Waals surface area (Å²) in [6.07, 6.45) is 5.76. The van der Waals surface area contributed by atoms with Crippen LogP contribution in [0.4, 0.5) is 10.5 Å². The predicted molar refractivity (Wildman–Crippen MR) is 86.1 cm³/mol. The van der Waals surface area contributed by atoms with E-state index in [1.807, 2.05) is 25.1 Å². The van der Waals surface area contributed by atoms with Gasteiger partial charge in [0.15, 0.2) is 0 Å². The molecule has 0 radical (unpaired) electrons. The minimum atomic E-state index is -1.20. The zero-order valence-corrected chi connectivity index (χ0v) is 15.1. The Labute approximate surface area is 164 Å². The van der Waals surface area contributed by atoms with Crippen LogP contribution in [-0.2, 0) is 6.42 Å². The summed E-state index contributed by atoms with van der Waals surface area (Å²) < 4.78 is 0. The van der Waals surface area contributed by atoms with Crippen molar-refractivity contribution in [3.8, 4) is 0 Å². The number of carbonyl (C=O) groups excluding carboxylic acids is 1. The first-order valence-electron chi connectivity index (χ1n) is 7.08. The average Bonchev–Trinajstić information content (AvgIpc) is 2.44. The van der Waals surface area contributed by atoms with Crippen LogP contribution in [0.1, 0.15) is 32.3 Å². The van der Waals surface area contributed by atoms with Crippen molar-refractivity contribution in [2.45, 2.75) is 33.1 Å². The van der Waals surface area contributed by atoms with Crippen LogP contribution in [0.3, 0.4) is 0 Å². The third-order valence-corrected chi connectivity index (χ3v) is 3.33. The van der Waals surface area contributed by atoms with E-state index in [0.717, 1.165) is 28.9 Å². The van der Waals surface area contributed by atoms with Crippen LogP contribution in [0.2, 0.25) is 0 Å². The zero-order chi connectivity index (χ0) is 15.8. The van der Waals surface area contributed by atoms with Crippen molar-refractivity contribution in [3.05, 3.63) is 60.1 Å². The van der Waals surface area contributed by atoms with E-state index in [2.05, 4.69) is 26.0 Å². The SMILES string of the molecule is [CH2-]/C(C)=C/CC/C(C)=C/Cc1ccccc1N(C)C(=O)[O-].[Li+].[Li+]. The molecule has 23 heavy (non-hydrogen) atoms. The summed E-state index contributed by atoms with van der Waals surface area (Å²) in [7, 11) is 1.51. The van der Waals surface area contributed by atoms with Crippen molar-refractivity contribution < 1.29 is 47.6 Å². The van der Waals surface area contributed by atoms with E-state index < -0.39 is 6.09 Å². The Kier molecular flexibility index (Phi) is 13.2. The molecule has 0 bridgehead atoms. The van der Waals surface area contributed by atoms with Gasteiger partial charge in [0, 0.05) is 12.7 Å². The zero-order valence-electron chi connectivity index (χ0n) is 15.1. The van der Waals surface area contributed by atoms with Crippen molar-refractivity contribution in [1.82, 2.24) is 0 Å². The summed E-state index contributed by atoms with van der Waals surface area (Å²) in [6, 6.07) is 7.48. The molecule has 1 rings (SSSR count). The first-order chi connectivity index (χ1) is 9.91. The molecular weight excluding hydrogens is 276 g/mol.